The number of hydrogen-bond acceptors (Lipinski definition) is 1. The summed E-state index contributed by atoms with van der Waals surface area (Å²) in [5, 5.41) is 0. The van der Waals surface area contributed by atoms with Gasteiger partial charge in [-0.3, -0.25) is 4.79 Å². The van der Waals surface area contributed by atoms with Gasteiger partial charge in [0.15, 0.2) is 5.78 Å². The molecule has 0 radical (unpaired) electrons. The zero-order chi connectivity index (χ0) is 9.84. The molecule has 2 atom stereocenters. The van der Waals surface area contributed by atoms with E-state index in [4.69, 9.17) is 0 Å². The van der Waals surface area contributed by atoms with Crippen molar-refractivity contribution in [2.24, 2.45) is 5.92 Å². The Labute approximate surface area is 78.3 Å². The summed E-state index contributed by atoms with van der Waals surface area (Å²) in [6.45, 7) is 3.56. The van der Waals surface area contributed by atoms with Gasteiger partial charge in [0, 0.05) is 0 Å². The third-order valence-electron chi connectivity index (χ3n) is 2.33. The van der Waals surface area contributed by atoms with Crippen molar-refractivity contribution in [1.82, 2.24) is 0 Å². The quantitative estimate of drug-likeness (QED) is 0.600. The molecule has 0 fully saturated rings. The van der Waals surface area contributed by atoms with Crippen LogP contribution in [0.15, 0.2) is 23.8 Å². The lowest BCUT2D eigenvalue weighted by atomic mass is 9.88. The van der Waals surface area contributed by atoms with Gasteiger partial charge < -0.3 is 0 Å². The Balaban J connectivity index is 2.70. The molecule has 0 aromatic heterocycles. The van der Waals surface area contributed by atoms with E-state index in [1.807, 2.05) is 0 Å². The smallest absolute Gasteiger partial charge is 0.152 e. The standard InChI is InChI=1S/C11H15FO/c1-8-3-6-11(12)7-10(8)5-4-9(2)13/h4-5,7-8,11H,3,6H2,1-2H3. The van der Waals surface area contributed by atoms with Crippen LogP contribution in [0.25, 0.3) is 0 Å². The fourth-order valence-corrected chi connectivity index (χ4v) is 1.47. The summed E-state index contributed by atoms with van der Waals surface area (Å²) >= 11 is 0. The molecule has 2 unspecified atom stereocenters. The second-order valence-corrected chi connectivity index (χ2v) is 3.61. The Bertz CT molecular complexity index is 253. The number of halogens is 1. The highest BCUT2D eigenvalue weighted by Gasteiger charge is 2.16. The molecule has 0 N–H and O–H groups in total. The molecule has 0 heterocycles. The van der Waals surface area contributed by atoms with Crippen molar-refractivity contribution in [1.29, 1.82) is 0 Å². The predicted octanol–water partition coefficient (Wildman–Crippen LogP) is 2.83. The molecule has 0 saturated carbocycles. The zero-order valence-electron chi connectivity index (χ0n) is 8.09. The molecule has 1 aliphatic rings. The minimum atomic E-state index is -0.831. The molecule has 0 saturated heterocycles. The van der Waals surface area contributed by atoms with E-state index in [9.17, 15) is 9.18 Å². The van der Waals surface area contributed by atoms with E-state index >= 15 is 0 Å². The maximum absolute atomic E-state index is 12.9. The lowest BCUT2D eigenvalue weighted by Crippen LogP contribution is -2.11. The van der Waals surface area contributed by atoms with Crippen molar-refractivity contribution < 1.29 is 9.18 Å². The van der Waals surface area contributed by atoms with Crippen LogP contribution < -0.4 is 0 Å². The first-order valence-electron chi connectivity index (χ1n) is 4.64. The van der Waals surface area contributed by atoms with Crippen LogP contribution in [0.3, 0.4) is 0 Å². The molecule has 0 aromatic rings. The largest absolute Gasteiger partial charge is 0.295 e. The molecular formula is C11H15FO. The summed E-state index contributed by atoms with van der Waals surface area (Å²) in [6, 6.07) is 0. The van der Waals surface area contributed by atoms with Crippen LogP contribution >= 0.6 is 0 Å². The van der Waals surface area contributed by atoms with E-state index in [0.717, 1.165) is 12.0 Å². The molecule has 1 aliphatic carbocycles. The van der Waals surface area contributed by atoms with Gasteiger partial charge in [-0.25, -0.2) is 4.39 Å². The van der Waals surface area contributed by atoms with E-state index in [1.165, 1.54) is 13.0 Å². The third-order valence-corrected chi connectivity index (χ3v) is 2.33. The molecule has 0 aliphatic heterocycles. The van der Waals surface area contributed by atoms with Gasteiger partial charge in [-0.05, 0) is 43.4 Å². The Morgan fingerprint density at radius 1 is 1.62 bits per heavy atom. The minimum absolute atomic E-state index is 0.00841. The predicted molar refractivity (Wildman–Crippen MR) is 51.2 cm³/mol. The van der Waals surface area contributed by atoms with Crippen LogP contribution in [0, 0.1) is 5.92 Å². The van der Waals surface area contributed by atoms with Crippen molar-refractivity contribution in [2.75, 3.05) is 0 Å². The summed E-state index contributed by atoms with van der Waals surface area (Å²) in [7, 11) is 0. The fraction of sp³-hybridized carbons (Fsp3) is 0.545. The Hall–Kier alpha value is -0.920. The van der Waals surface area contributed by atoms with Crippen molar-refractivity contribution >= 4 is 5.78 Å². The summed E-state index contributed by atoms with van der Waals surface area (Å²) in [5.74, 6) is 0.386. The molecule has 1 nitrogen and oxygen atoms in total. The van der Waals surface area contributed by atoms with Gasteiger partial charge in [-0.1, -0.05) is 13.0 Å². The van der Waals surface area contributed by atoms with Crippen molar-refractivity contribution in [2.45, 2.75) is 32.9 Å². The summed E-state index contributed by atoms with van der Waals surface area (Å²) in [4.78, 5) is 10.7. The highest BCUT2D eigenvalue weighted by Crippen LogP contribution is 2.26. The second kappa shape index (κ2) is 4.35. The molecule has 0 amide bonds. The maximum atomic E-state index is 12.9. The number of alkyl halides is 1. The first-order chi connectivity index (χ1) is 6.09. The highest BCUT2D eigenvalue weighted by atomic mass is 19.1. The van der Waals surface area contributed by atoms with E-state index in [2.05, 4.69) is 6.92 Å². The number of rotatable bonds is 2. The third kappa shape index (κ3) is 3.13. The molecule has 0 bridgehead atoms. The first kappa shape index (κ1) is 10.2. The van der Waals surface area contributed by atoms with Gasteiger partial charge in [0.2, 0.25) is 0 Å². The van der Waals surface area contributed by atoms with Crippen LogP contribution in [-0.2, 0) is 4.79 Å². The van der Waals surface area contributed by atoms with Crippen LogP contribution in [0.2, 0.25) is 0 Å². The van der Waals surface area contributed by atoms with Gasteiger partial charge in [0.25, 0.3) is 0 Å². The molecule has 0 aromatic carbocycles. The fourth-order valence-electron chi connectivity index (χ4n) is 1.47. The van der Waals surface area contributed by atoms with E-state index in [0.29, 0.717) is 12.3 Å². The average Bonchev–Trinajstić information content (AvgIpc) is 2.06. The lowest BCUT2D eigenvalue weighted by Gasteiger charge is -2.19. The molecule has 2 heteroatoms. The second-order valence-electron chi connectivity index (χ2n) is 3.61. The monoisotopic (exact) mass is 182 g/mol. The van der Waals surface area contributed by atoms with Gasteiger partial charge in [0.05, 0.1) is 0 Å². The van der Waals surface area contributed by atoms with Crippen LogP contribution in [0.5, 0.6) is 0 Å². The summed E-state index contributed by atoms with van der Waals surface area (Å²) in [5.41, 5.74) is 0.953. The number of hydrogen-bond donors (Lipinski definition) is 0. The van der Waals surface area contributed by atoms with Gasteiger partial charge in [-0.2, -0.15) is 0 Å². The Morgan fingerprint density at radius 2 is 2.31 bits per heavy atom. The number of carbonyl (C=O) groups is 1. The zero-order valence-corrected chi connectivity index (χ0v) is 8.09. The SMILES string of the molecule is CC(=O)C=CC1=CC(F)CCC1C. The summed E-state index contributed by atoms with van der Waals surface area (Å²) < 4.78 is 12.9. The van der Waals surface area contributed by atoms with Crippen molar-refractivity contribution in [3.63, 3.8) is 0 Å². The van der Waals surface area contributed by atoms with Gasteiger partial charge >= 0.3 is 0 Å². The first-order valence-corrected chi connectivity index (χ1v) is 4.64. The maximum Gasteiger partial charge on any atom is 0.152 e. The van der Waals surface area contributed by atoms with Crippen molar-refractivity contribution in [3.05, 3.63) is 23.8 Å². The van der Waals surface area contributed by atoms with Gasteiger partial charge in [0.1, 0.15) is 6.17 Å². The van der Waals surface area contributed by atoms with Crippen LogP contribution in [0.4, 0.5) is 4.39 Å². The minimum Gasteiger partial charge on any atom is -0.295 e. The van der Waals surface area contributed by atoms with Crippen molar-refractivity contribution in [3.8, 4) is 0 Å². The van der Waals surface area contributed by atoms with Crippen LogP contribution in [0.1, 0.15) is 26.7 Å². The lowest BCUT2D eigenvalue weighted by molar-refractivity contribution is -0.112. The highest BCUT2D eigenvalue weighted by molar-refractivity contribution is 5.87. The van der Waals surface area contributed by atoms with Crippen LogP contribution in [-0.4, -0.2) is 12.0 Å². The molecule has 0 spiro atoms. The average molecular weight is 182 g/mol. The van der Waals surface area contributed by atoms with E-state index < -0.39 is 6.17 Å². The summed E-state index contributed by atoms with van der Waals surface area (Å²) in [6.07, 6.45) is 5.50. The van der Waals surface area contributed by atoms with Gasteiger partial charge in [-0.15, -0.1) is 0 Å². The van der Waals surface area contributed by atoms with E-state index in [-0.39, 0.29) is 5.78 Å². The number of carbonyl (C=O) groups excluding carboxylic acids is 1. The molecular weight excluding hydrogens is 167 g/mol. The molecule has 72 valence electrons. The normalized spacial score (nSPS) is 29.0. The number of ketones is 1. The Kier molecular flexibility index (Phi) is 3.40. The van der Waals surface area contributed by atoms with E-state index in [1.54, 1.807) is 12.2 Å². The molecule has 13 heavy (non-hydrogen) atoms. The number of allylic oxidation sites excluding steroid dienone is 4. The Morgan fingerprint density at radius 3 is 2.92 bits per heavy atom. The molecule has 1 rings (SSSR count). The topological polar surface area (TPSA) is 17.1 Å².